The van der Waals surface area contributed by atoms with Gasteiger partial charge in [0, 0.05) is 0 Å². The van der Waals surface area contributed by atoms with E-state index in [2.05, 4.69) is 0 Å². The molecule has 0 bridgehead atoms. The minimum atomic E-state index is -1.01. The van der Waals surface area contributed by atoms with E-state index < -0.39 is 11.6 Å². The van der Waals surface area contributed by atoms with Gasteiger partial charge in [-0.15, -0.1) is 0 Å². The summed E-state index contributed by atoms with van der Waals surface area (Å²) in [5, 5.41) is 8.82. The van der Waals surface area contributed by atoms with Gasteiger partial charge in [-0.1, -0.05) is 30.3 Å². The fourth-order valence-corrected chi connectivity index (χ4v) is 1.39. The van der Waals surface area contributed by atoms with Crippen LogP contribution in [-0.4, -0.2) is 16.7 Å². The normalized spacial score (nSPS) is 29.1. The Balaban J connectivity index is 0.000000980. The third-order valence-electron chi connectivity index (χ3n) is 2.33. The molecule has 0 saturated carbocycles. The first-order valence-corrected chi connectivity index (χ1v) is 4.11. The van der Waals surface area contributed by atoms with Crippen LogP contribution in [-0.2, 0) is 9.53 Å². The van der Waals surface area contributed by atoms with Crippen molar-refractivity contribution in [1.82, 2.24) is 0 Å². The molecule has 14 heavy (non-hydrogen) atoms. The molecule has 0 spiro atoms. The Kier molecular flexibility index (Phi) is 3.37. The standard InChI is InChI=1S/C10H10O3.Na/c1-10(9(11)12)8(13-10)7-5-3-2-4-6-7;/h2-6,8H,1H3,(H,11,12);/q;+1. The minimum Gasteiger partial charge on any atom is -0.479 e. The summed E-state index contributed by atoms with van der Waals surface area (Å²) in [5.41, 5.74) is -0.0890. The monoisotopic (exact) mass is 201 g/mol. The number of rotatable bonds is 2. The van der Waals surface area contributed by atoms with Crippen LogP contribution >= 0.6 is 0 Å². The number of hydrogen-bond donors (Lipinski definition) is 1. The van der Waals surface area contributed by atoms with E-state index in [1.807, 2.05) is 30.3 Å². The van der Waals surface area contributed by atoms with Gasteiger partial charge in [0.15, 0.2) is 5.60 Å². The van der Waals surface area contributed by atoms with E-state index in [0.717, 1.165) is 5.56 Å². The van der Waals surface area contributed by atoms with Crippen LogP contribution in [0.25, 0.3) is 0 Å². The van der Waals surface area contributed by atoms with Crippen LogP contribution in [0.1, 0.15) is 18.6 Å². The number of aliphatic carboxylic acids is 1. The summed E-state index contributed by atoms with van der Waals surface area (Å²) >= 11 is 0. The SMILES string of the molecule is CC1(C(=O)O)OC1c1ccccc1.[Na+]. The van der Waals surface area contributed by atoms with Crippen LogP contribution in [0, 0.1) is 0 Å². The second-order valence-corrected chi connectivity index (χ2v) is 3.32. The average Bonchev–Trinajstić information content (AvgIpc) is 2.81. The van der Waals surface area contributed by atoms with Gasteiger partial charge in [0.25, 0.3) is 0 Å². The Morgan fingerprint density at radius 1 is 1.43 bits per heavy atom. The molecular formula is C10H10NaO3+. The molecule has 1 fully saturated rings. The predicted octanol–water partition coefficient (Wildman–Crippen LogP) is -1.39. The zero-order valence-electron chi connectivity index (χ0n) is 8.23. The maximum absolute atomic E-state index is 10.7. The van der Waals surface area contributed by atoms with Crippen molar-refractivity contribution < 1.29 is 44.2 Å². The number of carboxylic acids is 1. The smallest absolute Gasteiger partial charge is 0.479 e. The molecule has 3 nitrogen and oxygen atoms in total. The third kappa shape index (κ3) is 1.86. The molecule has 1 aromatic carbocycles. The van der Waals surface area contributed by atoms with E-state index in [0.29, 0.717) is 0 Å². The Bertz CT molecular complexity index is 338. The molecule has 2 unspecified atom stereocenters. The van der Waals surface area contributed by atoms with Crippen LogP contribution in [0.3, 0.4) is 0 Å². The molecule has 1 saturated heterocycles. The van der Waals surface area contributed by atoms with Crippen molar-refractivity contribution >= 4 is 5.97 Å². The Hall–Kier alpha value is -0.350. The van der Waals surface area contributed by atoms with Crippen LogP contribution in [0.15, 0.2) is 30.3 Å². The maximum Gasteiger partial charge on any atom is 1.00 e. The second-order valence-electron chi connectivity index (χ2n) is 3.32. The number of benzene rings is 1. The molecule has 0 radical (unpaired) electrons. The van der Waals surface area contributed by atoms with Crippen LogP contribution < -0.4 is 29.6 Å². The van der Waals surface area contributed by atoms with E-state index >= 15 is 0 Å². The molecule has 68 valence electrons. The molecule has 4 heteroatoms. The van der Waals surface area contributed by atoms with Gasteiger partial charge in [-0.2, -0.15) is 0 Å². The van der Waals surface area contributed by atoms with Gasteiger partial charge in [0.1, 0.15) is 6.10 Å². The molecule has 1 N–H and O–H groups in total. The van der Waals surface area contributed by atoms with Crippen LogP contribution in [0.2, 0.25) is 0 Å². The zero-order chi connectivity index (χ0) is 9.47. The topological polar surface area (TPSA) is 49.8 Å². The van der Waals surface area contributed by atoms with E-state index in [1.54, 1.807) is 6.92 Å². The third-order valence-corrected chi connectivity index (χ3v) is 2.33. The molecule has 0 amide bonds. The summed E-state index contributed by atoms with van der Waals surface area (Å²) < 4.78 is 5.15. The van der Waals surface area contributed by atoms with Gasteiger partial charge >= 0.3 is 35.5 Å². The van der Waals surface area contributed by atoms with Crippen LogP contribution in [0.5, 0.6) is 0 Å². The fraction of sp³-hybridized carbons (Fsp3) is 0.300. The van der Waals surface area contributed by atoms with Crippen molar-refractivity contribution in [2.45, 2.75) is 18.6 Å². The first kappa shape index (κ1) is 11.7. The molecule has 0 aliphatic carbocycles. The van der Waals surface area contributed by atoms with Crippen molar-refractivity contribution in [3.8, 4) is 0 Å². The molecular weight excluding hydrogens is 191 g/mol. The van der Waals surface area contributed by atoms with Crippen molar-refractivity contribution in [2.75, 3.05) is 0 Å². The van der Waals surface area contributed by atoms with Crippen molar-refractivity contribution in [3.05, 3.63) is 35.9 Å². The molecule has 1 aromatic rings. The summed E-state index contributed by atoms with van der Waals surface area (Å²) in [7, 11) is 0. The Morgan fingerprint density at radius 3 is 2.43 bits per heavy atom. The molecule has 2 atom stereocenters. The summed E-state index contributed by atoms with van der Waals surface area (Å²) in [6, 6.07) is 9.39. The summed E-state index contributed by atoms with van der Waals surface area (Å²) in [6.45, 7) is 1.59. The summed E-state index contributed by atoms with van der Waals surface area (Å²) in [6.07, 6.45) is -0.286. The first-order valence-electron chi connectivity index (χ1n) is 4.11. The number of carbonyl (C=O) groups is 1. The minimum absolute atomic E-state index is 0. The predicted molar refractivity (Wildman–Crippen MR) is 46.3 cm³/mol. The van der Waals surface area contributed by atoms with E-state index in [1.165, 1.54) is 0 Å². The van der Waals surface area contributed by atoms with Crippen LogP contribution in [0.4, 0.5) is 0 Å². The van der Waals surface area contributed by atoms with Gasteiger partial charge in [-0.3, -0.25) is 0 Å². The average molecular weight is 201 g/mol. The quantitative estimate of drug-likeness (QED) is 0.473. The van der Waals surface area contributed by atoms with E-state index in [9.17, 15) is 4.79 Å². The molecule has 0 aromatic heterocycles. The number of carboxylic acid groups (broad SMARTS) is 1. The molecule has 2 rings (SSSR count). The number of ether oxygens (including phenoxy) is 1. The van der Waals surface area contributed by atoms with E-state index in [4.69, 9.17) is 9.84 Å². The fourth-order valence-electron chi connectivity index (χ4n) is 1.39. The zero-order valence-corrected chi connectivity index (χ0v) is 10.2. The van der Waals surface area contributed by atoms with Crippen molar-refractivity contribution in [3.63, 3.8) is 0 Å². The number of hydrogen-bond acceptors (Lipinski definition) is 2. The van der Waals surface area contributed by atoms with E-state index in [-0.39, 0.29) is 35.7 Å². The Morgan fingerprint density at radius 2 is 2.00 bits per heavy atom. The van der Waals surface area contributed by atoms with Gasteiger partial charge in [0.2, 0.25) is 0 Å². The largest absolute Gasteiger partial charge is 1.00 e. The molecule has 1 aliphatic rings. The van der Waals surface area contributed by atoms with Gasteiger partial charge in [-0.25, -0.2) is 4.79 Å². The second kappa shape index (κ2) is 4.03. The van der Waals surface area contributed by atoms with Gasteiger partial charge in [0.05, 0.1) is 0 Å². The van der Waals surface area contributed by atoms with Gasteiger partial charge in [-0.05, 0) is 12.5 Å². The maximum atomic E-state index is 10.7. The summed E-state index contributed by atoms with van der Waals surface area (Å²) in [5.74, 6) is -0.902. The Labute approximate surface area is 104 Å². The van der Waals surface area contributed by atoms with Crippen molar-refractivity contribution in [2.24, 2.45) is 0 Å². The molecule has 1 aliphatic heterocycles. The van der Waals surface area contributed by atoms with Crippen molar-refractivity contribution in [1.29, 1.82) is 0 Å². The first-order chi connectivity index (χ1) is 6.14. The number of epoxide rings is 1. The molecule has 1 heterocycles. The summed E-state index contributed by atoms with van der Waals surface area (Å²) in [4.78, 5) is 10.7. The van der Waals surface area contributed by atoms with Gasteiger partial charge < -0.3 is 9.84 Å².